The van der Waals surface area contributed by atoms with Crippen molar-refractivity contribution in [1.29, 1.82) is 0 Å². The highest BCUT2D eigenvalue weighted by Crippen LogP contribution is 2.12. The number of imidazole rings is 1. The van der Waals surface area contributed by atoms with E-state index < -0.39 is 16.0 Å². The average Bonchev–Trinajstić information content (AvgIpc) is 2.75. The van der Waals surface area contributed by atoms with Gasteiger partial charge < -0.3 is 9.67 Å². The second-order valence-electron chi connectivity index (χ2n) is 3.92. The lowest BCUT2D eigenvalue weighted by atomic mass is 10.4. The number of carboxylic acid groups (broad SMARTS) is 1. The van der Waals surface area contributed by atoms with Gasteiger partial charge >= 0.3 is 5.97 Å². The quantitative estimate of drug-likeness (QED) is 0.777. The van der Waals surface area contributed by atoms with Crippen LogP contribution in [0.4, 0.5) is 0 Å². The Balaban J connectivity index is 2.80. The SMILES string of the molecule is CCCn1cnc(S(=O)(=O)N(C)CCC(=O)O)c1. The molecule has 0 saturated carbocycles. The molecule has 0 aromatic carbocycles. The number of aryl methyl sites for hydroxylation is 1. The number of carbonyl (C=O) groups is 1. The summed E-state index contributed by atoms with van der Waals surface area (Å²) in [5.41, 5.74) is 0. The zero-order valence-electron chi connectivity index (χ0n) is 10.4. The standard InChI is InChI=1S/C10H17N3O4S/c1-3-5-13-7-9(11-8-13)18(16,17)12(2)6-4-10(14)15/h7-8H,3-6H2,1-2H3,(H,14,15). The predicted octanol–water partition coefficient (Wildman–Crippen LogP) is 0.388. The third-order valence-electron chi connectivity index (χ3n) is 2.41. The fourth-order valence-corrected chi connectivity index (χ4v) is 2.49. The Bertz CT molecular complexity index is 509. The number of aromatic nitrogens is 2. The van der Waals surface area contributed by atoms with Crippen molar-refractivity contribution in [3.63, 3.8) is 0 Å². The van der Waals surface area contributed by atoms with Crippen molar-refractivity contribution >= 4 is 16.0 Å². The molecule has 0 aliphatic heterocycles. The smallest absolute Gasteiger partial charge is 0.304 e. The van der Waals surface area contributed by atoms with Gasteiger partial charge in [-0.15, -0.1) is 0 Å². The lowest BCUT2D eigenvalue weighted by Crippen LogP contribution is -2.29. The average molecular weight is 275 g/mol. The molecule has 0 bridgehead atoms. The number of carboxylic acids is 1. The van der Waals surface area contributed by atoms with Crippen molar-refractivity contribution in [2.24, 2.45) is 0 Å². The van der Waals surface area contributed by atoms with Crippen LogP contribution >= 0.6 is 0 Å². The van der Waals surface area contributed by atoms with Crippen LogP contribution in [0.2, 0.25) is 0 Å². The minimum absolute atomic E-state index is 0.0520. The van der Waals surface area contributed by atoms with E-state index in [0.29, 0.717) is 6.54 Å². The minimum atomic E-state index is -3.69. The first-order valence-electron chi connectivity index (χ1n) is 5.57. The summed E-state index contributed by atoms with van der Waals surface area (Å²) in [5, 5.41) is 8.48. The Morgan fingerprint density at radius 1 is 1.56 bits per heavy atom. The molecule has 0 amide bonds. The molecular weight excluding hydrogens is 258 g/mol. The van der Waals surface area contributed by atoms with Gasteiger partial charge in [0.15, 0.2) is 5.03 Å². The van der Waals surface area contributed by atoms with Gasteiger partial charge in [-0.05, 0) is 6.42 Å². The summed E-state index contributed by atoms with van der Waals surface area (Å²) < 4.78 is 26.7. The molecule has 0 radical (unpaired) electrons. The van der Waals surface area contributed by atoms with Gasteiger partial charge in [-0.1, -0.05) is 6.92 Å². The molecule has 1 N–H and O–H groups in total. The first kappa shape index (κ1) is 14.7. The van der Waals surface area contributed by atoms with E-state index in [1.165, 1.54) is 19.6 Å². The van der Waals surface area contributed by atoms with Crippen LogP contribution in [0.25, 0.3) is 0 Å². The topological polar surface area (TPSA) is 92.5 Å². The van der Waals surface area contributed by atoms with Gasteiger partial charge in [0.25, 0.3) is 10.0 Å². The monoisotopic (exact) mass is 275 g/mol. The zero-order chi connectivity index (χ0) is 13.8. The van der Waals surface area contributed by atoms with Crippen molar-refractivity contribution in [2.75, 3.05) is 13.6 Å². The van der Waals surface area contributed by atoms with E-state index in [1.54, 1.807) is 4.57 Å². The molecule has 18 heavy (non-hydrogen) atoms. The van der Waals surface area contributed by atoms with Gasteiger partial charge in [-0.2, -0.15) is 4.31 Å². The Morgan fingerprint density at radius 3 is 2.78 bits per heavy atom. The summed E-state index contributed by atoms with van der Waals surface area (Å²) in [5.74, 6) is -1.03. The van der Waals surface area contributed by atoms with Crippen LogP contribution in [0.5, 0.6) is 0 Å². The van der Waals surface area contributed by atoms with E-state index in [4.69, 9.17) is 5.11 Å². The molecule has 102 valence electrons. The molecule has 0 unspecified atom stereocenters. The van der Waals surface area contributed by atoms with Crippen molar-refractivity contribution in [3.05, 3.63) is 12.5 Å². The summed E-state index contributed by atoms with van der Waals surface area (Å²) in [6.07, 6.45) is 3.56. The van der Waals surface area contributed by atoms with E-state index in [-0.39, 0.29) is 18.0 Å². The molecule has 0 aliphatic carbocycles. The van der Waals surface area contributed by atoms with Crippen molar-refractivity contribution in [1.82, 2.24) is 13.9 Å². The predicted molar refractivity (Wildman–Crippen MR) is 64.6 cm³/mol. The summed E-state index contributed by atoms with van der Waals surface area (Å²) in [6, 6.07) is 0. The summed E-state index contributed by atoms with van der Waals surface area (Å²) in [6.45, 7) is 2.60. The Kier molecular flexibility index (Phi) is 4.85. The second kappa shape index (κ2) is 5.96. The fraction of sp³-hybridized carbons (Fsp3) is 0.600. The third-order valence-corrected chi connectivity index (χ3v) is 4.15. The van der Waals surface area contributed by atoms with Gasteiger partial charge in [-0.25, -0.2) is 13.4 Å². The van der Waals surface area contributed by atoms with Crippen LogP contribution in [-0.4, -0.2) is 46.9 Å². The zero-order valence-corrected chi connectivity index (χ0v) is 11.2. The first-order chi connectivity index (χ1) is 8.37. The summed E-state index contributed by atoms with van der Waals surface area (Å²) in [4.78, 5) is 14.3. The van der Waals surface area contributed by atoms with E-state index in [9.17, 15) is 13.2 Å². The van der Waals surface area contributed by atoms with Gasteiger partial charge in [0.1, 0.15) is 0 Å². The van der Waals surface area contributed by atoms with Gasteiger partial charge in [0, 0.05) is 26.3 Å². The highest BCUT2D eigenvalue weighted by Gasteiger charge is 2.23. The van der Waals surface area contributed by atoms with Crippen LogP contribution in [0.15, 0.2) is 17.6 Å². The van der Waals surface area contributed by atoms with Crippen LogP contribution in [0.3, 0.4) is 0 Å². The summed E-state index contributed by atoms with van der Waals surface area (Å²) >= 11 is 0. The molecule has 1 rings (SSSR count). The maximum absolute atomic E-state index is 12.0. The number of nitrogens with zero attached hydrogens (tertiary/aromatic N) is 3. The van der Waals surface area contributed by atoms with Gasteiger partial charge in [-0.3, -0.25) is 4.79 Å². The Labute approximate surface area is 106 Å². The maximum atomic E-state index is 12.0. The third kappa shape index (κ3) is 3.54. The van der Waals surface area contributed by atoms with Crippen LogP contribution in [0.1, 0.15) is 19.8 Å². The van der Waals surface area contributed by atoms with Crippen molar-refractivity contribution in [2.45, 2.75) is 31.3 Å². The highest BCUT2D eigenvalue weighted by molar-refractivity contribution is 7.89. The van der Waals surface area contributed by atoms with E-state index in [1.807, 2.05) is 6.92 Å². The largest absolute Gasteiger partial charge is 0.481 e. The Hall–Kier alpha value is -1.41. The second-order valence-corrected chi connectivity index (χ2v) is 5.91. The molecule has 1 heterocycles. The fourth-order valence-electron chi connectivity index (χ4n) is 1.39. The summed E-state index contributed by atoms with van der Waals surface area (Å²) in [7, 11) is -2.35. The molecule has 1 aromatic heterocycles. The lowest BCUT2D eigenvalue weighted by molar-refractivity contribution is -0.137. The minimum Gasteiger partial charge on any atom is -0.481 e. The molecule has 0 atom stereocenters. The van der Waals surface area contributed by atoms with Gasteiger partial charge in [0.05, 0.1) is 12.7 Å². The van der Waals surface area contributed by atoms with Crippen LogP contribution in [-0.2, 0) is 21.4 Å². The molecule has 7 nitrogen and oxygen atoms in total. The molecule has 0 aliphatic rings. The number of sulfonamides is 1. The number of hydrogen-bond donors (Lipinski definition) is 1. The highest BCUT2D eigenvalue weighted by atomic mass is 32.2. The molecule has 1 aromatic rings. The van der Waals surface area contributed by atoms with Crippen LogP contribution < -0.4 is 0 Å². The molecular formula is C10H17N3O4S. The molecule has 0 saturated heterocycles. The Morgan fingerprint density at radius 2 is 2.22 bits per heavy atom. The van der Waals surface area contributed by atoms with Crippen molar-refractivity contribution in [3.8, 4) is 0 Å². The van der Waals surface area contributed by atoms with Gasteiger partial charge in [0.2, 0.25) is 0 Å². The number of aliphatic carboxylic acids is 1. The van der Waals surface area contributed by atoms with Crippen molar-refractivity contribution < 1.29 is 18.3 Å². The van der Waals surface area contributed by atoms with E-state index in [2.05, 4.69) is 4.98 Å². The van der Waals surface area contributed by atoms with E-state index >= 15 is 0 Å². The normalized spacial score (nSPS) is 11.9. The number of rotatable bonds is 7. The first-order valence-corrected chi connectivity index (χ1v) is 7.02. The maximum Gasteiger partial charge on any atom is 0.304 e. The van der Waals surface area contributed by atoms with E-state index in [0.717, 1.165) is 10.7 Å². The molecule has 0 spiro atoms. The number of hydrogen-bond acceptors (Lipinski definition) is 4. The molecule has 8 heteroatoms. The molecule has 0 fully saturated rings. The van der Waals surface area contributed by atoms with Crippen LogP contribution in [0, 0.1) is 0 Å². The lowest BCUT2D eigenvalue weighted by Gasteiger charge is -2.13.